The van der Waals surface area contributed by atoms with Crippen LogP contribution in [0.1, 0.15) is 0 Å². The fourth-order valence-corrected chi connectivity index (χ4v) is 0. The first-order valence-corrected chi connectivity index (χ1v) is 1.79. The maximum atomic E-state index is 9.43. The molecular weight excluding hydrogens is 108 g/mol. The van der Waals surface area contributed by atoms with Gasteiger partial charge in [-0.05, 0) is 0 Å². The molecule has 5 heteroatoms. The summed E-state index contributed by atoms with van der Waals surface area (Å²) in [6.07, 6.45) is 0.750. The number of amides is 1. The molecule has 0 unspecified atom stereocenters. The third-order valence-corrected chi connectivity index (χ3v) is 0.211. The van der Waals surface area contributed by atoms with Crippen molar-refractivity contribution < 1.29 is 4.79 Å². The predicted molar refractivity (Wildman–Crippen MR) is 29.8 cm³/mol. The Balaban J connectivity index is 0. The molecule has 0 fully saturated rings. The minimum Gasteiger partial charge on any atom is -0.373 e. The minimum absolute atomic E-state index is 0.750. The van der Waals surface area contributed by atoms with E-state index in [2.05, 4.69) is 0 Å². The van der Waals surface area contributed by atoms with E-state index in [1.165, 1.54) is 9.81 Å². The summed E-state index contributed by atoms with van der Waals surface area (Å²) in [5.74, 6) is 0. The van der Waals surface area contributed by atoms with Gasteiger partial charge in [-0.2, -0.15) is 0 Å². The van der Waals surface area contributed by atoms with Gasteiger partial charge in [0.1, 0.15) is 0 Å². The van der Waals surface area contributed by atoms with E-state index in [0.29, 0.717) is 0 Å². The molecule has 0 aliphatic rings. The van der Waals surface area contributed by atoms with Crippen LogP contribution in [-0.2, 0) is 4.79 Å². The lowest BCUT2D eigenvalue weighted by molar-refractivity contribution is -0.115. The van der Waals surface area contributed by atoms with E-state index in [1.807, 2.05) is 0 Å². The van der Waals surface area contributed by atoms with Gasteiger partial charge in [0, 0.05) is 14.1 Å². The highest BCUT2D eigenvalue weighted by Gasteiger charge is 1.68. The summed E-state index contributed by atoms with van der Waals surface area (Å²) >= 11 is 0. The molecule has 0 saturated heterocycles. The Labute approximate surface area is 47.3 Å². The van der Waals surface area contributed by atoms with Crippen LogP contribution >= 0.6 is 0 Å². The van der Waals surface area contributed by atoms with Crippen LogP contribution in [0.4, 0.5) is 0 Å². The molecule has 0 rings (SSSR count). The number of rotatable bonds is 1. The summed E-state index contributed by atoms with van der Waals surface area (Å²) in [5, 5.41) is 0. The summed E-state index contributed by atoms with van der Waals surface area (Å²) in [4.78, 5) is 12.4. The van der Waals surface area contributed by atoms with Crippen LogP contribution < -0.4 is 0 Å². The first kappa shape index (κ1) is 9.91. The van der Waals surface area contributed by atoms with Crippen molar-refractivity contribution in [2.75, 3.05) is 14.1 Å². The van der Waals surface area contributed by atoms with Crippen molar-refractivity contribution in [2.24, 2.45) is 0 Å². The van der Waals surface area contributed by atoms with Gasteiger partial charge in [-0.15, -0.1) is 0 Å². The molecule has 0 aliphatic carbocycles. The Kier molecular flexibility index (Phi) is 11.5. The molecular formula is C3H7N4O-. The van der Waals surface area contributed by atoms with Gasteiger partial charge >= 0.3 is 0 Å². The average Bonchev–Trinajstić information content (AvgIpc) is 1.69. The molecule has 0 aromatic heterocycles. The number of carbonyl (C=O) groups excluding carboxylic acids is 1. The molecule has 0 heterocycles. The molecule has 5 nitrogen and oxygen atoms in total. The Hall–Kier alpha value is -1.22. The zero-order valence-electron chi connectivity index (χ0n) is 4.77. The van der Waals surface area contributed by atoms with E-state index in [1.54, 1.807) is 14.1 Å². The van der Waals surface area contributed by atoms with Crippen LogP contribution in [0.3, 0.4) is 0 Å². The molecule has 0 atom stereocenters. The Morgan fingerprint density at radius 3 is 1.62 bits per heavy atom. The minimum atomic E-state index is 0.750. The SMILES string of the molecule is CN(C)C=O.[N-]=[N+]=[N-]. The lowest BCUT2D eigenvalue weighted by Crippen LogP contribution is -2.06. The van der Waals surface area contributed by atoms with Crippen molar-refractivity contribution in [3.63, 3.8) is 0 Å². The Morgan fingerprint density at radius 2 is 1.62 bits per heavy atom. The van der Waals surface area contributed by atoms with E-state index in [4.69, 9.17) is 11.1 Å². The van der Waals surface area contributed by atoms with E-state index in [-0.39, 0.29) is 0 Å². The van der Waals surface area contributed by atoms with Crippen LogP contribution in [0.15, 0.2) is 0 Å². The fourth-order valence-electron chi connectivity index (χ4n) is 0. The van der Waals surface area contributed by atoms with E-state index < -0.39 is 0 Å². The summed E-state index contributed by atoms with van der Waals surface area (Å²) in [6.45, 7) is 0. The highest BCUT2D eigenvalue weighted by Crippen LogP contribution is 1.52. The zero-order valence-corrected chi connectivity index (χ0v) is 4.77. The maximum absolute atomic E-state index is 9.43. The monoisotopic (exact) mass is 115 g/mol. The Bertz CT molecular complexity index is 83.3. The first-order chi connectivity index (χ1) is 3.68. The molecule has 0 aliphatic heterocycles. The quantitative estimate of drug-likeness (QED) is 0.213. The third-order valence-electron chi connectivity index (χ3n) is 0.211. The standard InChI is InChI=1S/C3H7NO.N3/c1-4(2)3-5;1-3-2/h3H,1-2H3;/q;-1. The third kappa shape index (κ3) is 112. The molecule has 0 aromatic carbocycles. The maximum Gasteiger partial charge on any atom is 0.209 e. The summed E-state index contributed by atoms with van der Waals surface area (Å²) in [5.41, 5.74) is 13.5. The zero-order chi connectivity index (χ0) is 6.99. The number of nitrogens with zero attached hydrogens (tertiary/aromatic N) is 4. The van der Waals surface area contributed by atoms with Crippen molar-refractivity contribution >= 4 is 6.41 Å². The molecule has 0 radical (unpaired) electrons. The molecule has 1 amide bonds. The van der Waals surface area contributed by atoms with Crippen LogP contribution in [0.25, 0.3) is 16.0 Å². The molecule has 46 valence electrons. The van der Waals surface area contributed by atoms with Gasteiger partial charge < -0.3 is 16.0 Å². The van der Waals surface area contributed by atoms with Crippen LogP contribution in [0.5, 0.6) is 0 Å². The second-order valence-electron chi connectivity index (χ2n) is 1.16. The van der Waals surface area contributed by atoms with Crippen molar-refractivity contribution in [1.29, 1.82) is 0 Å². The number of hydrogen-bond acceptors (Lipinski definition) is 1. The smallest absolute Gasteiger partial charge is 0.209 e. The molecule has 0 saturated carbocycles. The predicted octanol–water partition coefficient (Wildman–Crippen LogP) is 0.570. The van der Waals surface area contributed by atoms with E-state index >= 15 is 0 Å². The Morgan fingerprint density at radius 1 is 1.50 bits per heavy atom. The van der Waals surface area contributed by atoms with Gasteiger partial charge in [0.15, 0.2) is 0 Å². The van der Waals surface area contributed by atoms with Gasteiger partial charge in [-0.3, -0.25) is 9.71 Å². The fraction of sp³-hybridized carbons (Fsp3) is 0.667. The topological polar surface area (TPSA) is 79.0 Å². The lowest BCUT2D eigenvalue weighted by atomic mass is 11.0. The van der Waals surface area contributed by atoms with Crippen molar-refractivity contribution in [3.05, 3.63) is 16.0 Å². The average molecular weight is 115 g/mol. The molecule has 0 bridgehead atoms. The normalized spacial score (nSPS) is 5.25. The van der Waals surface area contributed by atoms with Crippen molar-refractivity contribution in [1.82, 2.24) is 4.90 Å². The van der Waals surface area contributed by atoms with Crippen molar-refractivity contribution in [2.45, 2.75) is 0 Å². The second kappa shape index (κ2) is 9.24. The van der Waals surface area contributed by atoms with E-state index in [9.17, 15) is 4.79 Å². The van der Waals surface area contributed by atoms with Crippen LogP contribution in [0, 0.1) is 0 Å². The number of hydrogen-bond donors (Lipinski definition) is 0. The molecule has 0 spiro atoms. The lowest BCUT2D eigenvalue weighted by Gasteiger charge is -1.93. The van der Waals surface area contributed by atoms with Gasteiger partial charge in [-0.25, -0.2) is 0 Å². The van der Waals surface area contributed by atoms with Gasteiger partial charge in [-0.1, -0.05) is 0 Å². The van der Waals surface area contributed by atoms with Gasteiger partial charge in [0.25, 0.3) is 0 Å². The highest BCUT2D eigenvalue weighted by molar-refractivity contribution is 5.45. The van der Waals surface area contributed by atoms with Crippen molar-refractivity contribution in [3.8, 4) is 0 Å². The summed E-state index contributed by atoms with van der Waals surface area (Å²) < 4.78 is 0. The van der Waals surface area contributed by atoms with Crippen LogP contribution in [-0.4, -0.2) is 25.4 Å². The van der Waals surface area contributed by atoms with E-state index in [0.717, 1.165) is 6.41 Å². The molecule has 0 N–H and O–H groups in total. The second-order valence-corrected chi connectivity index (χ2v) is 1.16. The summed E-state index contributed by atoms with van der Waals surface area (Å²) in [7, 11) is 3.38. The largest absolute Gasteiger partial charge is 0.373 e. The first-order valence-electron chi connectivity index (χ1n) is 1.79. The van der Waals surface area contributed by atoms with Gasteiger partial charge in [0.2, 0.25) is 6.41 Å². The van der Waals surface area contributed by atoms with Crippen LogP contribution in [0.2, 0.25) is 0 Å². The molecule has 8 heavy (non-hydrogen) atoms. The summed E-state index contributed by atoms with van der Waals surface area (Å²) in [6, 6.07) is 0. The molecule has 0 aromatic rings. The number of carbonyl (C=O) groups is 1. The highest BCUT2D eigenvalue weighted by atomic mass is 16.1. The van der Waals surface area contributed by atoms with Gasteiger partial charge in [0.05, 0.1) is 0 Å².